The van der Waals surface area contributed by atoms with E-state index in [0.29, 0.717) is 30.4 Å². The molecule has 4 atom stereocenters. The van der Waals surface area contributed by atoms with Gasteiger partial charge in [-0.25, -0.2) is 8.78 Å². The lowest BCUT2D eigenvalue weighted by Crippen LogP contribution is -2.68. The largest absolute Gasteiger partial charge is 0.479 e. The van der Waals surface area contributed by atoms with Crippen LogP contribution in [0.25, 0.3) is 0 Å². The van der Waals surface area contributed by atoms with E-state index < -0.39 is 23.4 Å². The Kier molecular flexibility index (Phi) is 3.70. The minimum atomic E-state index is -2.86. The van der Waals surface area contributed by atoms with Gasteiger partial charge in [0.2, 0.25) is 0 Å². The molecule has 2 heterocycles. The molecule has 2 bridgehead atoms. The van der Waals surface area contributed by atoms with Crippen molar-refractivity contribution in [1.29, 1.82) is 0 Å². The van der Waals surface area contributed by atoms with Crippen LogP contribution in [0, 0.1) is 11.8 Å². The number of rotatable bonds is 3. The molecule has 2 aliphatic heterocycles. The summed E-state index contributed by atoms with van der Waals surface area (Å²) in [7, 11) is 0. The van der Waals surface area contributed by atoms with E-state index in [1.165, 1.54) is 26.2 Å². The monoisotopic (exact) mass is 403 g/mol. The molecule has 1 saturated heterocycles. The molecule has 1 aromatic carbocycles. The first-order valence-electron chi connectivity index (χ1n) is 11.0. The number of carbonyl (C=O) groups excluding carboxylic acids is 1. The summed E-state index contributed by atoms with van der Waals surface area (Å²) in [4.78, 5) is 14.2. The smallest absolute Gasteiger partial charge is 0.308 e. The van der Waals surface area contributed by atoms with Crippen LogP contribution in [0.4, 0.5) is 8.78 Å². The van der Waals surface area contributed by atoms with Crippen LogP contribution in [-0.4, -0.2) is 42.0 Å². The van der Waals surface area contributed by atoms with E-state index in [1.54, 1.807) is 6.07 Å². The second-order valence-corrected chi connectivity index (χ2v) is 9.78. The van der Waals surface area contributed by atoms with Gasteiger partial charge >= 0.3 is 5.97 Å². The molecule has 3 aliphatic carbocycles. The van der Waals surface area contributed by atoms with Gasteiger partial charge < -0.3 is 9.47 Å². The molecule has 3 fully saturated rings. The van der Waals surface area contributed by atoms with Crippen LogP contribution in [0.5, 0.6) is 11.5 Å². The van der Waals surface area contributed by atoms with Gasteiger partial charge in [-0.2, -0.15) is 0 Å². The number of benzene rings is 1. The Bertz CT molecular complexity index is 883. The highest BCUT2D eigenvalue weighted by molar-refractivity contribution is 5.72. The zero-order chi connectivity index (χ0) is 20.0. The quantitative estimate of drug-likeness (QED) is 0.563. The fourth-order valence-electron chi connectivity index (χ4n) is 7.03. The van der Waals surface area contributed by atoms with Gasteiger partial charge in [-0.05, 0) is 62.1 Å². The van der Waals surface area contributed by atoms with Crippen molar-refractivity contribution in [1.82, 2.24) is 4.90 Å². The van der Waals surface area contributed by atoms with E-state index in [1.807, 2.05) is 6.07 Å². The predicted molar refractivity (Wildman–Crippen MR) is 103 cm³/mol. The van der Waals surface area contributed by atoms with Crippen molar-refractivity contribution in [2.75, 3.05) is 13.1 Å². The first-order valence-corrected chi connectivity index (χ1v) is 11.0. The molecule has 29 heavy (non-hydrogen) atoms. The van der Waals surface area contributed by atoms with E-state index in [0.717, 1.165) is 36.6 Å². The van der Waals surface area contributed by atoms with Gasteiger partial charge in [0, 0.05) is 36.9 Å². The van der Waals surface area contributed by atoms with E-state index in [-0.39, 0.29) is 12.3 Å². The third kappa shape index (κ3) is 2.35. The van der Waals surface area contributed by atoms with Crippen LogP contribution in [0.15, 0.2) is 12.1 Å². The molecular weight excluding hydrogens is 376 g/mol. The topological polar surface area (TPSA) is 38.8 Å². The summed E-state index contributed by atoms with van der Waals surface area (Å²) in [5, 5.41) is 0. The van der Waals surface area contributed by atoms with Crippen molar-refractivity contribution in [3.63, 3.8) is 0 Å². The van der Waals surface area contributed by atoms with Gasteiger partial charge in [0.25, 0.3) is 5.92 Å². The summed E-state index contributed by atoms with van der Waals surface area (Å²) >= 11 is 0. The van der Waals surface area contributed by atoms with Crippen LogP contribution in [0.2, 0.25) is 0 Å². The molecule has 1 aromatic rings. The number of ether oxygens (including phenoxy) is 2. The van der Waals surface area contributed by atoms with Crippen LogP contribution < -0.4 is 9.47 Å². The summed E-state index contributed by atoms with van der Waals surface area (Å²) in [5.41, 5.74) is 1.38. The zero-order valence-corrected chi connectivity index (χ0v) is 16.8. The Morgan fingerprint density at radius 1 is 1.28 bits per heavy atom. The van der Waals surface area contributed by atoms with Crippen LogP contribution in [0.3, 0.4) is 0 Å². The number of nitrogens with zero attached hydrogens (tertiary/aromatic N) is 1. The number of hydrogen-bond acceptors (Lipinski definition) is 4. The predicted octanol–water partition coefficient (Wildman–Crippen LogP) is 4.09. The van der Waals surface area contributed by atoms with Crippen molar-refractivity contribution >= 4 is 5.97 Å². The molecule has 6 heteroatoms. The van der Waals surface area contributed by atoms with Gasteiger partial charge in [-0.1, -0.05) is 12.5 Å². The Hall–Kier alpha value is -1.69. The maximum absolute atomic E-state index is 15.2. The Morgan fingerprint density at radius 3 is 2.83 bits per heavy atom. The fourth-order valence-corrected chi connectivity index (χ4v) is 7.03. The SMILES string of the molecule is CC(=O)Oc1ccc2c3c1O[C@H]1C(F)(F)CC[C@H]4[C@@H](C2)N(CC2CCC2)CC[C@@]341. The first-order chi connectivity index (χ1) is 13.9. The number of hydrogen-bond donors (Lipinski definition) is 0. The third-order valence-electron chi connectivity index (χ3n) is 8.36. The molecule has 0 N–H and O–H groups in total. The minimum Gasteiger partial charge on any atom is -0.479 e. The molecule has 0 amide bonds. The number of piperidine rings is 1. The Labute approximate surface area is 169 Å². The average Bonchev–Trinajstić information content (AvgIpc) is 2.98. The standard InChI is InChI=1S/C23H27F2NO3/c1-13(27)28-18-6-5-15-11-17-16-7-8-23(24,25)21-22(16,19(15)20(18)29-21)9-10-26(17)12-14-3-2-4-14/h5-6,14,16-17,21H,2-4,7-12H2,1H3/t16-,17+,21+,22-/m0/s1. The lowest BCUT2D eigenvalue weighted by molar-refractivity contribution is -0.182. The number of likely N-dealkylation sites (tertiary alicyclic amines) is 1. The number of halogens is 2. The number of alkyl halides is 2. The third-order valence-corrected chi connectivity index (χ3v) is 8.36. The molecular formula is C23H27F2NO3. The van der Waals surface area contributed by atoms with Gasteiger partial charge in [0.1, 0.15) is 0 Å². The van der Waals surface area contributed by atoms with Crippen LogP contribution >= 0.6 is 0 Å². The van der Waals surface area contributed by atoms with Crippen molar-refractivity contribution in [2.45, 2.75) is 75.4 Å². The van der Waals surface area contributed by atoms with Gasteiger partial charge in [-0.15, -0.1) is 0 Å². The second-order valence-electron chi connectivity index (χ2n) is 9.78. The highest BCUT2D eigenvalue weighted by atomic mass is 19.3. The lowest BCUT2D eigenvalue weighted by atomic mass is 9.51. The molecule has 2 saturated carbocycles. The highest BCUT2D eigenvalue weighted by Gasteiger charge is 2.70. The molecule has 4 nitrogen and oxygen atoms in total. The summed E-state index contributed by atoms with van der Waals surface area (Å²) in [6.45, 7) is 3.29. The average molecular weight is 403 g/mol. The zero-order valence-electron chi connectivity index (χ0n) is 16.8. The molecule has 1 spiro atoms. The highest BCUT2D eigenvalue weighted by Crippen LogP contribution is 2.66. The van der Waals surface area contributed by atoms with Crippen LogP contribution in [-0.2, 0) is 16.6 Å². The second kappa shape index (κ2) is 5.93. The Balaban J connectivity index is 1.48. The molecule has 0 aromatic heterocycles. The van der Waals surface area contributed by atoms with E-state index >= 15 is 8.78 Å². The van der Waals surface area contributed by atoms with Crippen molar-refractivity contribution in [2.24, 2.45) is 11.8 Å². The van der Waals surface area contributed by atoms with Crippen molar-refractivity contribution in [3.05, 3.63) is 23.3 Å². The minimum absolute atomic E-state index is 0.121. The van der Waals surface area contributed by atoms with E-state index in [4.69, 9.17) is 9.47 Å². The maximum atomic E-state index is 15.2. The summed E-state index contributed by atoms with van der Waals surface area (Å²) < 4.78 is 41.7. The van der Waals surface area contributed by atoms with Gasteiger partial charge in [0.15, 0.2) is 17.6 Å². The molecule has 156 valence electrons. The van der Waals surface area contributed by atoms with E-state index in [2.05, 4.69) is 4.90 Å². The molecule has 5 aliphatic rings. The maximum Gasteiger partial charge on any atom is 0.308 e. The normalized spacial score (nSPS) is 36.7. The first kappa shape index (κ1) is 18.1. The molecule has 0 radical (unpaired) electrons. The van der Waals surface area contributed by atoms with Crippen molar-refractivity contribution < 1.29 is 23.0 Å². The van der Waals surface area contributed by atoms with Crippen molar-refractivity contribution in [3.8, 4) is 11.5 Å². The molecule has 0 unspecified atom stereocenters. The number of esters is 1. The Morgan fingerprint density at radius 2 is 2.10 bits per heavy atom. The summed E-state index contributed by atoms with van der Waals surface area (Å²) in [6.07, 6.45) is 4.77. The lowest BCUT2D eigenvalue weighted by Gasteiger charge is -2.60. The molecule has 6 rings (SSSR count). The van der Waals surface area contributed by atoms with E-state index in [9.17, 15) is 4.79 Å². The van der Waals surface area contributed by atoms with Crippen LogP contribution in [0.1, 0.15) is 56.6 Å². The summed E-state index contributed by atoms with van der Waals surface area (Å²) in [6, 6.07) is 4.02. The summed E-state index contributed by atoms with van der Waals surface area (Å²) in [5.74, 6) is -1.66. The van der Waals surface area contributed by atoms with Gasteiger partial charge in [-0.3, -0.25) is 9.69 Å². The number of carbonyl (C=O) groups is 1. The fraction of sp³-hybridized carbons (Fsp3) is 0.696. The van der Waals surface area contributed by atoms with Gasteiger partial charge in [0.05, 0.1) is 0 Å².